The van der Waals surface area contributed by atoms with Gasteiger partial charge in [0.05, 0.1) is 24.5 Å². The van der Waals surface area contributed by atoms with Crippen molar-refractivity contribution >= 4 is 18.0 Å². The number of ether oxygens (including phenoxy) is 1. The number of amides is 2. The van der Waals surface area contributed by atoms with E-state index in [1.807, 2.05) is 36.7 Å². The molecule has 3 aromatic rings. The van der Waals surface area contributed by atoms with Crippen LogP contribution in [0.2, 0.25) is 0 Å². The number of benzene rings is 2. The third kappa shape index (κ3) is 4.83. The zero-order valence-electron chi connectivity index (χ0n) is 17.8. The van der Waals surface area contributed by atoms with E-state index in [0.29, 0.717) is 11.1 Å². The minimum absolute atomic E-state index is 0.221. The first-order valence-electron chi connectivity index (χ1n) is 10.4. The molecule has 0 N–H and O–H groups in total. The molecule has 2 amide bonds. The predicted molar refractivity (Wildman–Crippen MR) is 118 cm³/mol. The molecule has 0 radical (unpaired) electrons. The minimum Gasteiger partial charge on any atom is -0.497 e. The van der Waals surface area contributed by atoms with Crippen LogP contribution in [-0.2, 0) is 17.8 Å². The van der Waals surface area contributed by atoms with Crippen molar-refractivity contribution in [1.29, 1.82) is 0 Å². The Balaban J connectivity index is 1.22. The highest BCUT2D eigenvalue weighted by molar-refractivity contribution is 6.21. The molecule has 1 aliphatic rings. The number of fused-ring (bicyclic) bond motifs is 1. The van der Waals surface area contributed by atoms with Gasteiger partial charge < -0.3 is 9.57 Å². The third-order valence-corrected chi connectivity index (χ3v) is 5.30. The van der Waals surface area contributed by atoms with Gasteiger partial charge in [-0.1, -0.05) is 29.4 Å². The highest BCUT2D eigenvalue weighted by Gasteiger charge is 2.35. The van der Waals surface area contributed by atoms with E-state index in [-0.39, 0.29) is 18.5 Å². The van der Waals surface area contributed by atoms with Crippen LogP contribution in [0.15, 0.2) is 78.2 Å². The molecule has 0 fully saturated rings. The van der Waals surface area contributed by atoms with Crippen molar-refractivity contribution in [2.75, 3.05) is 13.8 Å². The van der Waals surface area contributed by atoms with Gasteiger partial charge in [0, 0.05) is 24.1 Å². The zero-order chi connectivity index (χ0) is 22.3. The molecule has 162 valence electrons. The van der Waals surface area contributed by atoms with Gasteiger partial charge in [0.15, 0.2) is 19.1 Å². The highest BCUT2D eigenvalue weighted by atomic mass is 16.6. The Hall–Kier alpha value is -4.00. The van der Waals surface area contributed by atoms with Gasteiger partial charge in [-0.3, -0.25) is 9.59 Å². The summed E-state index contributed by atoms with van der Waals surface area (Å²) >= 11 is 0. The first kappa shape index (κ1) is 21.2. The highest BCUT2D eigenvalue weighted by Crippen LogP contribution is 2.22. The van der Waals surface area contributed by atoms with Crippen molar-refractivity contribution in [1.82, 2.24) is 4.90 Å². The van der Waals surface area contributed by atoms with Crippen LogP contribution >= 0.6 is 0 Å². The standard InChI is InChI=1S/C25H24N3O4/c1-31-21-10-8-19(9-11-21)5-4-14-27-15-12-20(13-16-27)17-26-32-18-28-24(29)22-6-2-3-7-23(22)25(28)30/h2-3,6-13,15-17H,4-5,14,18H2,1H3/q+1/b26-17+. The van der Waals surface area contributed by atoms with Gasteiger partial charge in [-0.25, -0.2) is 9.47 Å². The van der Waals surface area contributed by atoms with Crippen LogP contribution in [0.1, 0.15) is 38.3 Å². The van der Waals surface area contributed by atoms with Crippen LogP contribution in [-0.4, -0.2) is 36.8 Å². The van der Waals surface area contributed by atoms with E-state index in [1.165, 1.54) is 5.56 Å². The van der Waals surface area contributed by atoms with Gasteiger partial charge in [0.1, 0.15) is 12.3 Å². The average molecular weight is 430 g/mol. The minimum atomic E-state index is -0.365. The molecule has 2 heterocycles. The van der Waals surface area contributed by atoms with E-state index >= 15 is 0 Å². The van der Waals surface area contributed by atoms with Crippen molar-refractivity contribution < 1.29 is 23.7 Å². The number of hydrogen-bond donors (Lipinski definition) is 0. The molecule has 0 atom stereocenters. The summed E-state index contributed by atoms with van der Waals surface area (Å²) < 4.78 is 7.29. The number of rotatable bonds is 9. The maximum atomic E-state index is 12.3. The number of carbonyl (C=O) groups is 2. The van der Waals surface area contributed by atoms with Crippen LogP contribution in [0.25, 0.3) is 0 Å². The summed E-state index contributed by atoms with van der Waals surface area (Å²) in [4.78, 5) is 30.8. The molecule has 0 aliphatic carbocycles. The second-order valence-corrected chi connectivity index (χ2v) is 7.40. The molecule has 0 unspecified atom stereocenters. The number of aromatic nitrogens is 1. The van der Waals surface area contributed by atoms with Gasteiger partial charge in [-0.05, 0) is 36.2 Å². The molecule has 1 aromatic heterocycles. The summed E-state index contributed by atoms with van der Waals surface area (Å²) in [7, 11) is 1.67. The normalized spacial score (nSPS) is 13.0. The van der Waals surface area contributed by atoms with E-state index in [4.69, 9.17) is 9.57 Å². The molecule has 32 heavy (non-hydrogen) atoms. The number of oxime groups is 1. The first-order chi connectivity index (χ1) is 15.7. The maximum Gasteiger partial charge on any atom is 0.264 e. The summed E-state index contributed by atoms with van der Waals surface area (Å²) in [5, 5.41) is 3.89. The summed E-state index contributed by atoms with van der Waals surface area (Å²) in [6.07, 6.45) is 7.54. The van der Waals surface area contributed by atoms with Gasteiger partial charge in [0.2, 0.25) is 0 Å². The number of methoxy groups -OCH3 is 1. The van der Waals surface area contributed by atoms with Crippen LogP contribution in [0.5, 0.6) is 5.75 Å². The quantitative estimate of drug-likeness (QED) is 0.226. The molecule has 1 aliphatic heterocycles. The Morgan fingerprint density at radius 3 is 2.22 bits per heavy atom. The molecular weight excluding hydrogens is 406 g/mol. The Bertz CT molecular complexity index is 1090. The number of pyridine rings is 1. The lowest BCUT2D eigenvalue weighted by atomic mass is 10.1. The monoisotopic (exact) mass is 430 g/mol. The first-order valence-corrected chi connectivity index (χ1v) is 10.4. The molecular formula is C25H24N3O4+. The lowest BCUT2D eigenvalue weighted by molar-refractivity contribution is -0.697. The average Bonchev–Trinajstić information content (AvgIpc) is 3.08. The number of imide groups is 1. The van der Waals surface area contributed by atoms with Crippen LogP contribution in [0, 0.1) is 0 Å². The van der Waals surface area contributed by atoms with E-state index in [0.717, 1.165) is 35.6 Å². The largest absolute Gasteiger partial charge is 0.497 e. The van der Waals surface area contributed by atoms with Gasteiger partial charge in [0.25, 0.3) is 11.8 Å². The molecule has 4 rings (SSSR count). The Morgan fingerprint density at radius 2 is 1.59 bits per heavy atom. The van der Waals surface area contributed by atoms with E-state index in [9.17, 15) is 9.59 Å². The lowest BCUT2D eigenvalue weighted by Crippen LogP contribution is -2.32. The van der Waals surface area contributed by atoms with Crippen molar-refractivity contribution in [2.24, 2.45) is 5.16 Å². The zero-order valence-corrected chi connectivity index (χ0v) is 17.8. The van der Waals surface area contributed by atoms with Gasteiger partial charge in [-0.15, -0.1) is 0 Å². The summed E-state index contributed by atoms with van der Waals surface area (Å²) in [5.41, 5.74) is 2.93. The topological polar surface area (TPSA) is 72.1 Å². The number of nitrogens with zero attached hydrogens (tertiary/aromatic N) is 3. The van der Waals surface area contributed by atoms with E-state index in [1.54, 1.807) is 37.6 Å². The maximum absolute atomic E-state index is 12.3. The van der Waals surface area contributed by atoms with Gasteiger partial charge in [-0.2, -0.15) is 0 Å². The van der Waals surface area contributed by atoms with Crippen molar-refractivity contribution in [3.05, 3.63) is 95.3 Å². The SMILES string of the molecule is COc1ccc(CCC[n+]2ccc(/C=N/OCN3C(=O)c4ccccc4C3=O)cc2)cc1. The van der Waals surface area contributed by atoms with Crippen molar-refractivity contribution in [3.63, 3.8) is 0 Å². The molecule has 0 spiro atoms. The Morgan fingerprint density at radius 1 is 0.938 bits per heavy atom. The summed E-state index contributed by atoms with van der Waals surface area (Å²) in [5.74, 6) is 0.139. The number of hydrogen-bond acceptors (Lipinski definition) is 5. The van der Waals surface area contributed by atoms with Crippen molar-refractivity contribution in [3.8, 4) is 5.75 Å². The number of carbonyl (C=O) groups excluding carboxylic acids is 2. The molecule has 0 saturated carbocycles. The van der Waals surface area contributed by atoms with Crippen molar-refractivity contribution in [2.45, 2.75) is 19.4 Å². The summed E-state index contributed by atoms with van der Waals surface area (Å²) in [6.45, 7) is 0.681. The predicted octanol–water partition coefficient (Wildman–Crippen LogP) is 3.22. The summed E-state index contributed by atoms with van der Waals surface area (Å²) in [6, 6.07) is 18.7. The van der Waals surface area contributed by atoms with Gasteiger partial charge >= 0.3 is 0 Å². The Kier molecular flexibility index (Phi) is 6.55. The smallest absolute Gasteiger partial charge is 0.264 e. The van der Waals surface area contributed by atoms with E-state index < -0.39 is 0 Å². The molecule has 0 saturated heterocycles. The lowest BCUT2D eigenvalue weighted by Gasteiger charge is -2.11. The van der Waals surface area contributed by atoms with E-state index in [2.05, 4.69) is 21.9 Å². The van der Waals surface area contributed by atoms with Crippen LogP contribution in [0.3, 0.4) is 0 Å². The van der Waals surface area contributed by atoms with Crippen LogP contribution < -0.4 is 9.30 Å². The molecule has 0 bridgehead atoms. The fourth-order valence-corrected chi connectivity index (χ4v) is 3.51. The number of aryl methyl sites for hydroxylation is 2. The third-order valence-electron chi connectivity index (χ3n) is 5.30. The molecule has 2 aromatic carbocycles. The Labute approximate surface area is 186 Å². The van der Waals surface area contributed by atoms with Crippen LogP contribution in [0.4, 0.5) is 0 Å². The molecule has 7 heteroatoms. The second kappa shape index (κ2) is 9.87. The second-order valence-electron chi connectivity index (χ2n) is 7.40. The molecule has 7 nitrogen and oxygen atoms in total. The fourth-order valence-electron chi connectivity index (χ4n) is 3.51. The fraction of sp³-hybridized carbons (Fsp3) is 0.200.